The third kappa shape index (κ3) is 2.94. The Morgan fingerprint density at radius 1 is 0.370 bits per heavy atom. The molecule has 0 aliphatic rings. The minimum absolute atomic E-state index is 1.21. The van der Waals surface area contributed by atoms with Gasteiger partial charge in [-0.05, 0) is 45.8 Å². The van der Waals surface area contributed by atoms with Gasteiger partial charge in [-0.15, -0.1) is 0 Å². The molecule has 6 aromatic rings. The quantitative estimate of drug-likeness (QED) is 0.278. The predicted molar refractivity (Wildman–Crippen MR) is 117 cm³/mol. The van der Waals surface area contributed by atoms with Gasteiger partial charge in [0.25, 0.3) is 0 Å². The minimum atomic E-state index is 1.21. The molecular weight excluding hydrogens is 326 g/mol. The van der Waals surface area contributed by atoms with Gasteiger partial charge in [-0.25, -0.2) is 0 Å². The Morgan fingerprint density at radius 3 is 1.11 bits per heavy atom. The molecule has 0 saturated heterocycles. The van der Waals surface area contributed by atoms with Gasteiger partial charge in [0, 0.05) is 21.8 Å². The lowest BCUT2D eigenvalue weighted by molar-refractivity contribution is 1.55. The lowest BCUT2D eigenvalue weighted by Crippen LogP contribution is -1.74. The van der Waals surface area contributed by atoms with Crippen LogP contribution in [-0.4, -0.2) is 4.98 Å². The van der Waals surface area contributed by atoms with Gasteiger partial charge < -0.3 is 4.98 Å². The summed E-state index contributed by atoms with van der Waals surface area (Å²) in [6, 6.07) is 38.2. The zero-order chi connectivity index (χ0) is 18.1. The van der Waals surface area contributed by atoms with Crippen LogP contribution in [0.15, 0.2) is 109 Å². The molecule has 0 unspecified atom stereocenters. The molecule has 0 radical (unpaired) electrons. The van der Waals surface area contributed by atoms with Gasteiger partial charge in [0.2, 0.25) is 0 Å². The number of aromatic amines is 1. The van der Waals surface area contributed by atoms with Crippen LogP contribution in [0.4, 0.5) is 0 Å². The smallest absolute Gasteiger partial charge is 0.0464 e. The van der Waals surface area contributed by atoms with Crippen LogP contribution in [0.25, 0.3) is 43.4 Å². The van der Waals surface area contributed by atoms with Crippen LogP contribution in [0.5, 0.6) is 0 Å². The molecule has 1 N–H and O–H groups in total. The molecule has 0 amide bonds. The molecule has 0 spiro atoms. The molecule has 0 fully saturated rings. The fourth-order valence-electron chi connectivity index (χ4n) is 3.68. The topological polar surface area (TPSA) is 15.8 Å². The van der Waals surface area contributed by atoms with Crippen molar-refractivity contribution in [1.29, 1.82) is 0 Å². The summed E-state index contributed by atoms with van der Waals surface area (Å²) in [6.07, 6.45) is 0. The van der Waals surface area contributed by atoms with E-state index in [0.717, 1.165) is 0 Å². The Labute approximate surface area is 157 Å². The van der Waals surface area contributed by atoms with Crippen molar-refractivity contribution < 1.29 is 0 Å². The Kier molecular flexibility index (Phi) is 3.84. The van der Waals surface area contributed by atoms with Crippen molar-refractivity contribution in [2.45, 2.75) is 0 Å². The molecule has 0 aliphatic heterocycles. The van der Waals surface area contributed by atoms with E-state index in [4.69, 9.17) is 0 Å². The number of benzene rings is 5. The summed E-state index contributed by atoms with van der Waals surface area (Å²) in [5.74, 6) is 0. The number of hydrogen-bond donors (Lipinski definition) is 1. The van der Waals surface area contributed by atoms with Gasteiger partial charge in [0.15, 0.2) is 0 Å². The fraction of sp³-hybridized carbons (Fsp3) is 0. The average Bonchev–Trinajstić information content (AvgIpc) is 3.11. The molecule has 0 aliphatic carbocycles. The third-order valence-electron chi connectivity index (χ3n) is 5.03. The summed E-state index contributed by atoms with van der Waals surface area (Å²) in [7, 11) is 0. The van der Waals surface area contributed by atoms with Crippen LogP contribution in [0.2, 0.25) is 0 Å². The van der Waals surface area contributed by atoms with Gasteiger partial charge in [-0.3, -0.25) is 0 Å². The highest BCUT2D eigenvalue weighted by molar-refractivity contribution is 6.07. The summed E-state index contributed by atoms with van der Waals surface area (Å²) in [4.78, 5) is 3.38. The number of para-hydroxylation sites is 2. The normalized spacial score (nSPS) is 11.0. The zero-order valence-corrected chi connectivity index (χ0v) is 14.9. The molecule has 1 nitrogen and oxygen atoms in total. The van der Waals surface area contributed by atoms with Crippen molar-refractivity contribution in [1.82, 2.24) is 4.98 Å². The molecule has 5 aromatic carbocycles. The van der Waals surface area contributed by atoms with Crippen LogP contribution in [0, 0.1) is 0 Å². The Hall–Kier alpha value is -3.58. The van der Waals surface area contributed by atoms with E-state index < -0.39 is 0 Å². The van der Waals surface area contributed by atoms with Gasteiger partial charge in [0.1, 0.15) is 0 Å². The molecule has 1 heteroatoms. The van der Waals surface area contributed by atoms with Gasteiger partial charge in [-0.1, -0.05) is 84.9 Å². The highest BCUT2D eigenvalue weighted by atomic mass is 14.7. The summed E-state index contributed by atoms with van der Waals surface area (Å²) < 4.78 is 0. The summed E-state index contributed by atoms with van der Waals surface area (Å²) in [6.45, 7) is 0. The predicted octanol–water partition coefficient (Wildman–Crippen LogP) is 7.31. The second kappa shape index (κ2) is 6.62. The lowest BCUT2D eigenvalue weighted by Gasteiger charge is -2.00. The minimum Gasteiger partial charge on any atom is -0.355 e. The molecule has 1 aromatic heterocycles. The standard InChI is InChI=1S/C14H10.C12H9N/c1-2-6-12-10-14-8-4-3-7-13(14)9-11(12)5-1;1-3-7-11-9(5-1)10-6-2-4-8-12(10)13-11/h1-10H;1-8,13H. The number of hydrogen-bond acceptors (Lipinski definition) is 0. The first kappa shape index (κ1) is 15.7. The molecule has 6 rings (SSSR count). The zero-order valence-electron chi connectivity index (χ0n) is 14.9. The first-order valence-electron chi connectivity index (χ1n) is 9.21. The molecule has 0 bridgehead atoms. The molecule has 0 atom stereocenters. The van der Waals surface area contributed by atoms with E-state index in [2.05, 4.69) is 114 Å². The monoisotopic (exact) mass is 345 g/mol. The van der Waals surface area contributed by atoms with E-state index in [1.54, 1.807) is 0 Å². The number of rotatable bonds is 0. The lowest BCUT2D eigenvalue weighted by atomic mass is 10.0. The first-order valence-corrected chi connectivity index (χ1v) is 9.21. The van der Waals surface area contributed by atoms with Crippen LogP contribution in [-0.2, 0) is 0 Å². The third-order valence-corrected chi connectivity index (χ3v) is 5.03. The molecular formula is C26H19N. The van der Waals surface area contributed by atoms with Gasteiger partial charge in [0.05, 0.1) is 0 Å². The molecule has 1 heterocycles. The van der Waals surface area contributed by atoms with Crippen molar-refractivity contribution in [3.8, 4) is 0 Å². The van der Waals surface area contributed by atoms with E-state index in [1.165, 1.54) is 43.4 Å². The van der Waals surface area contributed by atoms with Crippen molar-refractivity contribution in [2.75, 3.05) is 0 Å². The maximum Gasteiger partial charge on any atom is 0.0464 e. The van der Waals surface area contributed by atoms with Crippen LogP contribution < -0.4 is 0 Å². The van der Waals surface area contributed by atoms with Gasteiger partial charge in [-0.2, -0.15) is 0 Å². The molecule has 0 saturated carbocycles. The second-order valence-electron chi connectivity index (χ2n) is 6.76. The molecule has 128 valence electrons. The van der Waals surface area contributed by atoms with Gasteiger partial charge >= 0.3 is 0 Å². The number of aromatic nitrogens is 1. The maximum absolute atomic E-state index is 3.38. The number of nitrogens with one attached hydrogen (secondary N) is 1. The highest BCUT2D eigenvalue weighted by Gasteiger charge is 2.00. The number of H-pyrrole nitrogens is 1. The Morgan fingerprint density at radius 2 is 0.704 bits per heavy atom. The van der Waals surface area contributed by atoms with Crippen LogP contribution in [0.1, 0.15) is 0 Å². The summed E-state index contributed by atoms with van der Waals surface area (Å²) >= 11 is 0. The summed E-state index contributed by atoms with van der Waals surface area (Å²) in [5, 5.41) is 7.85. The van der Waals surface area contributed by atoms with E-state index in [1.807, 2.05) is 0 Å². The van der Waals surface area contributed by atoms with Crippen LogP contribution in [0.3, 0.4) is 0 Å². The Balaban J connectivity index is 0.000000119. The largest absolute Gasteiger partial charge is 0.355 e. The first-order chi connectivity index (χ1) is 13.4. The van der Waals surface area contributed by atoms with Crippen molar-refractivity contribution in [2.24, 2.45) is 0 Å². The number of fused-ring (bicyclic) bond motifs is 5. The van der Waals surface area contributed by atoms with Crippen molar-refractivity contribution >= 4 is 43.4 Å². The fourth-order valence-corrected chi connectivity index (χ4v) is 3.68. The SMILES string of the molecule is c1ccc2c(c1)[nH]c1ccccc12.c1ccc2cc3ccccc3cc2c1. The van der Waals surface area contributed by atoms with E-state index in [9.17, 15) is 0 Å². The van der Waals surface area contributed by atoms with E-state index >= 15 is 0 Å². The van der Waals surface area contributed by atoms with E-state index in [0.29, 0.717) is 0 Å². The average molecular weight is 345 g/mol. The van der Waals surface area contributed by atoms with E-state index in [-0.39, 0.29) is 0 Å². The van der Waals surface area contributed by atoms with Crippen molar-refractivity contribution in [3.63, 3.8) is 0 Å². The van der Waals surface area contributed by atoms with Crippen LogP contribution >= 0.6 is 0 Å². The second-order valence-corrected chi connectivity index (χ2v) is 6.76. The molecule has 27 heavy (non-hydrogen) atoms. The summed E-state index contributed by atoms with van der Waals surface area (Å²) in [5.41, 5.74) is 2.42. The Bertz CT molecular complexity index is 1220. The van der Waals surface area contributed by atoms with Crippen molar-refractivity contribution in [3.05, 3.63) is 109 Å². The maximum atomic E-state index is 3.38. The highest BCUT2D eigenvalue weighted by Crippen LogP contribution is 2.24.